The Labute approximate surface area is 145 Å². The topological polar surface area (TPSA) is 41.1 Å². The lowest BCUT2D eigenvalue weighted by Crippen LogP contribution is -2.00. The number of nitriles is 1. The first-order valence-corrected chi connectivity index (χ1v) is 8.53. The van der Waals surface area contributed by atoms with Crippen molar-refractivity contribution in [1.82, 2.24) is 9.38 Å². The number of aryl methyl sites for hydroxylation is 2. The number of hydrogen-bond donors (Lipinski definition) is 0. The third kappa shape index (κ3) is 2.81. The first kappa shape index (κ1) is 15.3. The maximum atomic E-state index is 9.02. The van der Waals surface area contributed by atoms with Crippen molar-refractivity contribution in [2.24, 2.45) is 0 Å². The van der Waals surface area contributed by atoms with Crippen molar-refractivity contribution in [3.63, 3.8) is 0 Å². The molecule has 22 heavy (non-hydrogen) atoms. The van der Waals surface area contributed by atoms with Gasteiger partial charge in [-0.1, -0.05) is 30.3 Å². The third-order valence-corrected chi connectivity index (χ3v) is 5.80. The molecule has 0 aliphatic heterocycles. The molecule has 2 aromatic heterocycles. The Kier molecular flexibility index (Phi) is 4.60. The van der Waals surface area contributed by atoms with E-state index in [1.807, 2.05) is 16.7 Å². The standard InChI is InChI=1S/C17H13Br2N3/c18-15-14(8-9-20)22-11-10-21-13(17(22)16(15)19)7-6-12-4-2-1-3-5-12/h1-5,10-11H,6-8H2. The van der Waals surface area contributed by atoms with Crippen LogP contribution in [0.1, 0.15) is 17.0 Å². The minimum Gasteiger partial charge on any atom is -0.314 e. The maximum Gasteiger partial charge on any atom is 0.0825 e. The molecule has 0 unspecified atom stereocenters. The number of benzene rings is 1. The van der Waals surface area contributed by atoms with E-state index in [2.05, 4.69) is 67.2 Å². The summed E-state index contributed by atoms with van der Waals surface area (Å²) in [6.07, 6.45) is 5.86. The SMILES string of the molecule is N#CCc1c(Br)c(Br)c2c(CCc3ccccc3)nccn12. The highest BCUT2D eigenvalue weighted by Gasteiger charge is 2.17. The van der Waals surface area contributed by atoms with Gasteiger partial charge in [-0.25, -0.2) is 0 Å². The average Bonchev–Trinajstić information content (AvgIpc) is 2.80. The van der Waals surface area contributed by atoms with Crippen LogP contribution < -0.4 is 0 Å². The second-order valence-corrected chi connectivity index (χ2v) is 6.57. The molecule has 0 saturated heterocycles. The van der Waals surface area contributed by atoms with Gasteiger partial charge in [-0.2, -0.15) is 5.26 Å². The lowest BCUT2D eigenvalue weighted by molar-refractivity contribution is 0.899. The number of rotatable bonds is 4. The van der Waals surface area contributed by atoms with E-state index in [0.717, 1.165) is 38.7 Å². The lowest BCUT2D eigenvalue weighted by Gasteiger charge is -2.06. The van der Waals surface area contributed by atoms with E-state index in [4.69, 9.17) is 5.26 Å². The zero-order chi connectivity index (χ0) is 15.5. The fourth-order valence-electron chi connectivity index (χ4n) is 2.59. The van der Waals surface area contributed by atoms with Crippen LogP contribution in [0.3, 0.4) is 0 Å². The smallest absolute Gasteiger partial charge is 0.0825 e. The van der Waals surface area contributed by atoms with Crippen molar-refractivity contribution in [1.29, 1.82) is 5.26 Å². The van der Waals surface area contributed by atoms with E-state index >= 15 is 0 Å². The Morgan fingerprint density at radius 1 is 1.09 bits per heavy atom. The zero-order valence-electron chi connectivity index (χ0n) is 11.8. The molecular formula is C17H13Br2N3. The molecule has 5 heteroatoms. The van der Waals surface area contributed by atoms with E-state index in [1.54, 1.807) is 6.20 Å². The highest BCUT2D eigenvalue weighted by atomic mass is 79.9. The van der Waals surface area contributed by atoms with Gasteiger partial charge in [-0.05, 0) is 50.3 Å². The summed E-state index contributed by atoms with van der Waals surface area (Å²) in [4.78, 5) is 4.54. The maximum absolute atomic E-state index is 9.02. The van der Waals surface area contributed by atoms with Crippen LogP contribution in [0.5, 0.6) is 0 Å². The molecule has 1 aromatic carbocycles. The van der Waals surface area contributed by atoms with Crippen LogP contribution >= 0.6 is 31.9 Å². The minimum atomic E-state index is 0.357. The highest BCUT2D eigenvalue weighted by Crippen LogP contribution is 2.35. The lowest BCUT2D eigenvalue weighted by atomic mass is 10.1. The predicted octanol–water partition coefficient (Wildman–Crippen LogP) is 4.71. The highest BCUT2D eigenvalue weighted by molar-refractivity contribution is 9.13. The van der Waals surface area contributed by atoms with Gasteiger partial charge in [0.1, 0.15) is 0 Å². The van der Waals surface area contributed by atoms with Crippen LogP contribution in [-0.4, -0.2) is 9.38 Å². The largest absolute Gasteiger partial charge is 0.314 e. The number of fused-ring (bicyclic) bond motifs is 1. The van der Waals surface area contributed by atoms with Gasteiger partial charge in [0.2, 0.25) is 0 Å². The van der Waals surface area contributed by atoms with Crippen LogP contribution in [0.4, 0.5) is 0 Å². The summed E-state index contributed by atoms with van der Waals surface area (Å²) in [5, 5.41) is 9.02. The third-order valence-electron chi connectivity index (χ3n) is 3.64. The molecule has 0 N–H and O–H groups in total. The van der Waals surface area contributed by atoms with E-state index in [1.165, 1.54) is 5.56 Å². The van der Waals surface area contributed by atoms with Gasteiger partial charge in [0, 0.05) is 12.4 Å². The summed E-state index contributed by atoms with van der Waals surface area (Å²) in [7, 11) is 0. The molecule has 0 bridgehead atoms. The van der Waals surface area contributed by atoms with Crippen molar-refractivity contribution in [3.8, 4) is 6.07 Å². The fraction of sp³-hybridized carbons (Fsp3) is 0.176. The molecule has 0 fully saturated rings. The van der Waals surface area contributed by atoms with Gasteiger partial charge in [0.05, 0.1) is 38.3 Å². The fourth-order valence-corrected chi connectivity index (χ4v) is 3.75. The number of hydrogen-bond acceptors (Lipinski definition) is 2. The summed E-state index contributed by atoms with van der Waals surface area (Å²) >= 11 is 7.21. The monoisotopic (exact) mass is 417 g/mol. The molecule has 0 atom stereocenters. The van der Waals surface area contributed by atoms with Crippen molar-refractivity contribution in [3.05, 3.63) is 68.6 Å². The summed E-state index contributed by atoms with van der Waals surface area (Å²) in [6, 6.07) is 12.6. The van der Waals surface area contributed by atoms with Gasteiger partial charge in [0.15, 0.2) is 0 Å². The summed E-state index contributed by atoms with van der Waals surface area (Å²) in [6.45, 7) is 0. The first-order chi connectivity index (χ1) is 10.7. The number of aromatic nitrogens is 2. The van der Waals surface area contributed by atoms with E-state index in [-0.39, 0.29) is 0 Å². The Morgan fingerprint density at radius 3 is 2.59 bits per heavy atom. The Bertz CT molecular complexity index is 848. The van der Waals surface area contributed by atoms with Crippen LogP contribution in [-0.2, 0) is 19.3 Å². The summed E-state index contributed by atoms with van der Waals surface area (Å²) in [5.41, 5.74) is 4.32. The van der Waals surface area contributed by atoms with Gasteiger partial charge in [-0.3, -0.25) is 4.98 Å². The molecule has 3 aromatic rings. The van der Waals surface area contributed by atoms with Crippen molar-refractivity contribution in [2.45, 2.75) is 19.3 Å². The molecule has 0 amide bonds. The van der Waals surface area contributed by atoms with Gasteiger partial charge >= 0.3 is 0 Å². The molecule has 0 spiro atoms. The van der Waals surface area contributed by atoms with E-state index in [9.17, 15) is 0 Å². The second kappa shape index (κ2) is 6.64. The normalized spacial score (nSPS) is 10.8. The van der Waals surface area contributed by atoms with Gasteiger partial charge in [0.25, 0.3) is 0 Å². The van der Waals surface area contributed by atoms with Crippen LogP contribution in [0.2, 0.25) is 0 Å². The number of nitrogens with zero attached hydrogens (tertiary/aromatic N) is 3. The molecular weight excluding hydrogens is 406 g/mol. The molecule has 0 saturated carbocycles. The summed E-state index contributed by atoms with van der Waals surface area (Å²) in [5.74, 6) is 0. The molecule has 2 heterocycles. The second-order valence-electron chi connectivity index (χ2n) is 4.99. The van der Waals surface area contributed by atoms with E-state index < -0.39 is 0 Å². The Morgan fingerprint density at radius 2 is 1.86 bits per heavy atom. The van der Waals surface area contributed by atoms with Gasteiger partial charge < -0.3 is 4.40 Å². The first-order valence-electron chi connectivity index (χ1n) is 6.95. The molecule has 0 radical (unpaired) electrons. The molecule has 3 rings (SSSR count). The minimum absolute atomic E-state index is 0.357. The average molecular weight is 419 g/mol. The van der Waals surface area contributed by atoms with Crippen molar-refractivity contribution in [2.75, 3.05) is 0 Å². The zero-order valence-corrected chi connectivity index (χ0v) is 14.9. The Hall–Kier alpha value is -1.64. The number of halogens is 2. The van der Waals surface area contributed by atoms with E-state index in [0.29, 0.717) is 6.42 Å². The molecule has 3 nitrogen and oxygen atoms in total. The van der Waals surface area contributed by atoms with Crippen LogP contribution in [0.15, 0.2) is 51.7 Å². The van der Waals surface area contributed by atoms with Crippen molar-refractivity contribution < 1.29 is 0 Å². The molecule has 0 aliphatic carbocycles. The quantitative estimate of drug-likeness (QED) is 0.615. The van der Waals surface area contributed by atoms with Crippen LogP contribution in [0.25, 0.3) is 5.52 Å². The molecule has 110 valence electrons. The predicted molar refractivity (Wildman–Crippen MR) is 93.8 cm³/mol. The van der Waals surface area contributed by atoms with Gasteiger partial charge in [-0.15, -0.1) is 0 Å². The molecule has 0 aliphatic rings. The summed E-state index contributed by atoms with van der Waals surface area (Å²) < 4.78 is 3.95. The van der Waals surface area contributed by atoms with Crippen molar-refractivity contribution >= 4 is 37.4 Å². The Balaban J connectivity index is 2.00. The van der Waals surface area contributed by atoms with Crippen LogP contribution in [0, 0.1) is 11.3 Å².